The summed E-state index contributed by atoms with van der Waals surface area (Å²) in [7, 11) is 0. The van der Waals surface area contributed by atoms with Crippen LogP contribution in [0, 0.1) is 13.8 Å². The fourth-order valence-corrected chi connectivity index (χ4v) is 16.4. The molecule has 0 aromatic heterocycles. The number of nitrogens with zero attached hydrogens (tertiary/aromatic N) is 3. The Balaban J connectivity index is 1.21. The van der Waals surface area contributed by atoms with Crippen LogP contribution in [0.1, 0.15) is 178 Å². The van der Waals surface area contributed by atoms with Crippen LogP contribution < -0.4 is 31.1 Å². The fraction of sp³-hybridized carbons (Fsp3) is 0.360. The third-order valence-electron chi connectivity index (χ3n) is 20.4. The van der Waals surface area contributed by atoms with Gasteiger partial charge in [-0.05, 0) is 205 Å². The highest BCUT2D eigenvalue weighted by Gasteiger charge is 2.50. The van der Waals surface area contributed by atoms with Crippen molar-refractivity contribution >= 4 is 74.3 Å². The largest absolute Gasteiger partial charge is 0.311 e. The Morgan fingerprint density at radius 3 is 1.25 bits per heavy atom. The Hall–Kier alpha value is -6.78. The first kappa shape index (κ1) is 51.6. The van der Waals surface area contributed by atoms with Gasteiger partial charge in [0.05, 0.1) is 5.69 Å². The van der Waals surface area contributed by atoms with E-state index in [0.29, 0.717) is 0 Å². The molecule has 3 nitrogen and oxygen atoms in total. The lowest BCUT2D eigenvalue weighted by molar-refractivity contribution is 0.332. The molecule has 0 saturated heterocycles. The number of rotatable bonds is 7. The van der Waals surface area contributed by atoms with E-state index in [1.165, 1.54) is 113 Å². The maximum Gasteiger partial charge on any atom is 0.252 e. The highest BCUT2D eigenvalue weighted by atomic mass is 15.2. The molecule has 0 N–H and O–H groups in total. The van der Waals surface area contributed by atoms with E-state index in [-0.39, 0.29) is 44.6 Å². The Labute approximate surface area is 474 Å². The summed E-state index contributed by atoms with van der Waals surface area (Å²) < 4.78 is 0. The lowest BCUT2D eigenvalue weighted by Gasteiger charge is -2.47. The minimum Gasteiger partial charge on any atom is -0.311 e. The van der Waals surface area contributed by atoms with Crippen LogP contribution in [0.4, 0.5) is 51.2 Å². The molecular weight excluding hydrogens is 954 g/mol. The normalized spacial score (nSPS) is 19.0. The average molecular weight is 1040 g/mol. The Morgan fingerprint density at radius 2 is 0.759 bits per heavy atom. The average Bonchev–Trinajstić information content (AvgIpc) is 3.79. The number of para-hydroxylation sites is 2. The summed E-state index contributed by atoms with van der Waals surface area (Å²) in [6.45, 7) is 39.3. The second kappa shape index (κ2) is 17.1. The molecule has 2 heterocycles. The molecule has 0 atom stereocenters. The van der Waals surface area contributed by atoms with Crippen molar-refractivity contribution in [3.8, 4) is 0 Å². The molecule has 5 aliphatic rings. The van der Waals surface area contributed by atoms with Gasteiger partial charge in [0.25, 0.3) is 6.71 Å². The summed E-state index contributed by atoms with van der Waals surface area (Å²) in [4.78, 5) is 7.98. The van der Waals surface area contributed by atoms with Gasteiger partial charge in [-0.1, -0.05) is 194 Å². The van der Waals surface area contributed by atoms with Gasteiger partial charge < -0.3 is 14.7 Å². The van der Waals surface area contributed by atoms with Crippen molar-refractivity contribution in [1.29, 1.82) is 0 Å². The van der Waals surface area contributed by atoms with Crippen LogP contribution in [0.25, 0.3) is 0 Å². The first-order valence-electron chi connectivity index (χ1n) is 29.6. The molecule has 0 amide bonds. The highest BCUT2D eigenvalue weighted by molar-refractivity contribution is 7.00. The van der Waals surface area contributed by atoms with Crippen LogP contribution in [0.15, 0.2) is 158 Å². The van der Waals surface area contributed by atoms with Crippen LogP contribution in [0.5, 0.6) is 0 Å². The van der Waals surface area contributed by atoms with Crippen LogP contribution in [0.2, 0.25) is 0 Å². The zero-order valence-electron chi connectivity index (χ0n) is 50.3. The number of hydrogen-bond acceptors (Lipinski definition) is 3. The second-order valence-corrected chi connectivity index (χ2v) is 29.3. The molecule has 13 rings (SSSR count). The van der Waals surface area contributed by atoms with Gasteiger partial charge in [-0.25, -0.2) is 0 Å². The Morgan fingerprint density at radius 1 is 0.367 bits per heavy atom. The van der Waals surface area contributed by atoms with Crippen molar-refractivity contribution in [2.24, 2.45) is 0 Å². The zero-order valence-corrected chi connectivity index (χ0v) is 50.3. The standard InChI is InChI=1S/C75H82BN3/c1-47-36-54-57(70(5,6)35-34-69(54,3)4)42-64(47)79-65-44-59-56(72(9,10)46-74(59,13)14)41-61(65)76-60-38-50(75(15,16)49-26-20-17-21-27-49)32-33-62(60)78(63-43-58-55(37-48(63)2)71(7,8)45-73(58,11)12)66-39-53(40-67(79)68(66)76)77(51-28-22-18-23-29-51)52-30-24-19-25-31-52/h17-33,36-44H,34-35,45-46H2,1-16H3. The summed E-state index contributed by atoms with van der Waals surface area (Å²) in [6, 6.07) is 61.8. The van der Waals surface area contributed by atoms with E-state index in [4.69, 9.17) is 0 Å². The van der Waals surface area contributed by atoms with Gasteiger partial charge in [-0.2, -0.15) is 0 Å². The van der Waals surface area contributed by atoms with E-state index in [2.05, 4.69) is 283 Å². The number of fused-ring (bicyclic) bond motifs is 7. The molecule has 0 unspecified atom stereocenters. The minimum atomic E-state index is -0.257. The SMILES string of the molecule is Cc1cc2c(cc1N1c3cc4c(cc3B3c5cc(C(C)(C)c6ccccc6)ccc5N(c5cc6c(cc5C)C(C)(C)CC6(C)C)c5cc(N(c6ccccc6)c6ccccc6)cc1c53)C(C)(C)CC4(C)C)C(C)(C)CCC2(C)C. The van der Waals surface area contributed by atoms with Crippen molar-refractivity contribution in [2.75, 3.05) is 14.7 Å². The molecule has 0 spiro atoms. The van der Waals surface area contributed by atoms with Gasteiger partial charge >= 0.3 is 0 Å². The van der Waals surface area contributed by atoms with E-state index in [0.717, 1.165) is 36.3 Å². The van der Waals surface area contributed by atoms with E-state index in [1.807, 2.05) is 0 Å². The van der Waals surface area contributed by atoms with Crippen LogP contribution in [-0.2, 0) is 37.9 Å². The summed E-state index contributed by atoms with van der Waals surface area (Å²) in [6.07, 6.45) is 4.54. The molecule has 8 aromatic carbocycles. The lowest BCUT2D eigenvalue weighted by atomic mass is 9.33. The van der Waals surface area contributed by atoms with Crippen molar-refractivity contribution in [3.63, 3.8) is 0 Å². The molecule has 0 bridgehead atoms. The maximum atomic E-state index is 2.76. The van der Waals surface area contributed by atoms with Gasteiger partial charge in [0, 0.05) is 50.9 Å². The number of benzene rings is 8. The predicted octanol–water partition coefficient (Wildman–Crippen LogP) is 18.4. The van der Waals surface area contributed by atoms with Crippen molar-refractivity contribution in [2.45, 2.75) is 174 Å². The summed E-state index contributed by atoms with van der Waals surface area (Å²) in [5, 5.41) is 0. The smallest absolute Gasteiger partial charge is 0.252 e. The zero-order chi connectivity index (χ0) is 55.7. The van der Waals surface area contributed by atoms with Crippen LogP contribution in [-0.4, -0.2) is 6.71 Å². The van der Waals surface area contributed by atoms with Gasteiger partial charge in [-0.15, -0.1) is 0 Å². The number of anilines is 9. The topological polar surface area (TPSA) is 9.72 Å². The maximum absolute atomic E-state index is 2.76. The molecule has 8 aromatic rings. The molecular formula is C75H82BN3. The van der Waals surface area contributed by atoms with Crippen molar-refractivity contribution < 1.29 is 0 Å². The monoisotopic (exact) mass is 1040 g/mol. The van der Waals surface area contributed by atoms with Gasteiger partial charge in [0.15, 0.2) is 0 Å². The Kier molecular flexibility index (Phi) is 11.2. The van der Waals surface area contributed by atoms with Crippen molar-refractivity contribution in [3.05, 3.63) is 213 Å². The predicted molar refractivity (Wildman–Crippen MR) is 340 cm³/mol. The van der Waals surface area contributed by atoms with Crippen molar-refractivity contribution in [1.82, 2.24) is 0 Å². The van der Waals surface area contributed by atoms with Gasteiger partial charge in [0.1, 0.15) is 0 Å². The highest BCUT2D eigenvalue weighted by Crippen LogP contribution is 2.57. The van der Waals surface area contributed by atoms with Gasteiger partial charge in [-0.3, -0.25) is 0 Å². The molecule has 0 saturated carbocycles. The molecule has 4 heteroatoms. The van der Waals surface area contributed by atoms with E-state index in [9.17, 15) is 0 Å². The molecule has 400 valence electrons. The number of hydrogen-bond donors (Lipinski definition) is 0. The third kappa shape index (κ3) is 7.80. The summed E-state index contributed by atoms with van der Waals surface area (Å²) >= 11 is 0. The summed E-state index contributed by atoms with van der Waals surface area (Å²) in [5.41, 5.74) is 29.2. The molecule has 2 aliphatic heterocycles. The van der Waals surface area contributed by atoms with E-state index in [1.54, 1.807) is 0 Å². The van der Waals surface area contributed by atoms with E-state index < -0.39 is 0 Å². The molecule has 0 fully saturated rings. The minimum absolute atomic E-state index is 0.00232. The first-order chi connectivity index (χ1) is 37.2. The second-order valence-electron chi connectivity index (χ2n) is 29.3. The number of aryl methyl sites for hydroxylation is 2. The first-order valence-corrected chi connectivity index (χ1v) is 29.6. The van der Waals surface area contributed by atoms with Crippen LogP contribution >= 0.6 is 0 Å². The molecule has 0 radical (unpaired) electrons. The van der Waals surface area contributed by atoms with Gasteiger partial charge in [0.2, 0.25) is 0 Å². The fourth-order valence-electron chi connectivity index (χ4n) is 16.4. The summed E-state index contributed by atoms with van der Waals surface area (Å²) in [5.74, 6) is 0. The quantitative estimate of drug-likeness (QED) is 0.147. The van der Waals surface area contributed by atoms with E-state index >= 15 is 0 Å². The molecule has 3 aliphatic carbocycles. The lowest BCUT2D eigenvalue weighted by Crippen LogP contribution is -2.62. The Bertz CT molecular complexity index is 3760. The van der Waals surface area contributed by atoms with Crippen LogP contribution in [0.3, 0.4) is 0 Å². The molecule has 79 heavy (non-hydrogen) atoms. The third-order valence-corrected chi connectivity index (χ3v) is 20.4.